The molecule has 0 radical (unpaired) electrons. The van der Waals surface area contributed by atoms with Crippen molar-refractivity contribution in [2.75, 3.05) is 20.1 Å². The van der Waals surface area contributed by atoms with Gasteiger partial charge < -0.3 is 10.6 Å². The molecule has 1 unspecified atom stereocenters. The Labute approximate surface area is 121 Å². The first-order valence-corrected chi connectivity index (χ1v) is 8.30. The zero-order valence-corrected chi connectivity index (χ0v) is 13.9. The summed E-state index contributed by atoms with van der Waals surface area (Å²) in [5.74, 6) is 1.73. The van der Waals surface area contributed by atoms with Crippen molar-refractivity contribution in [2.24, 2.45) is 23.0 Å². The predicted octanol–water partition coefficient (Wildman–Crippen LogP) is 3.90. The van der Waals surface area contributed by atoms with Crippen molar-refractivity contribution in [3.05, 3.63) is 0 Å². The SMILES string of the molecule is CCCCN(C)C(CN)C1CCC(C(C)(C)C)CC1. The number of likely N-dealkylation sites (N-methyl/N-ethyl adjacent to an activating group) is 1. The lowest BCUT2D eigenvalue weighted by molar-refractivity contribution is 0.0943. The molecule has 1 aliphatic rings. The summed E-state index contributed by atoms with van der Waals surface area (Å²) in [6.45, 7) is 11.5. The van der Waals surface area contributed by atoms with Crippen LogP contribution in [0.5, 0.6) is 0 Å². The van der Waals surface area contributed by atoms with E-state index in [1.807, 2.05) is 0 Å². The highest BCUT2D eigenvalue weighted by Gasteiger charge is 2.33. The van der Waals surface area contributed by atoms with Gasteiger partial charge in [-0.1, -0.05) is 34.1 Å². The molecule has 1 aliphatic carbocycles. The standard InChI is InChI=1S/C17H36N2/c1-6-7-12-19(5)16(13-18)14-8-10-15(11-9-14)17(2,3)4/h14-16H,6-13,18H2,1-5H3. The van der Waals surface area contributed by atoms with Gasteiger partial charge >= 0.3 is 0 Å². The Hall–Kier alpha value is -0.0800. The fourth-order valence-electron chi connectivity index (χ4n) is 3.68. The minimum Gasteiger partial charge on any atom is -0.329 e. The summed E-state index contributed by atoms with van der Waals surface area (Å²) in [6.07, 6.45) is 8.11. The molecular formula is C17H36N2. The second kappa shape index (κ2) is 7.64. The van der Waals surface area contributed by atoms with Crippen molar-refractivity contribution < 1.29 is 0 Å². The van der Waals surface area contributed by atoms with Crippen LogP contribution in [-0.4, -0.2) is 31.1 Å². The van der Waals surface area contributed by atoms with Gasteiger partial charge in [0.1, 0.15) is 0 Å². The Morgan fingerprint density at radius 1 is 1.16 bits per heavy atom. The molecule has 1 atom stereocenters. The quantitative estimate of drug-likeness (QED) is 0.791. The molecule has 0 bridgehead atoms. The first-order valence-electron chi connectivity index (χ1n) is 8.30. The second-order valence-corrected chi connectivity index (χ2v) is 7.61. The summed E-state index contributed by atoms with van der Waals surface area (Å²) in [4.78, 5) is 2.52. The van der Waals surface area contributed by atoms with Gasteiger partial charge in [-0.05, 0) is 62.9 Å². The third-order valence-corrected chi connectivity index (χ3v) is 5.21. The molecule has 114 valence electrons. The summed E-state index contributed by atoms with van der Waals surface area (Å²) in [6, 6.07) is 0.604. The number of rotatable bonds is 6. The lowest BCUT2D eigenvalue weighted by Crippen LogP contribution is -2.45. The van der Waals surface area contributed by atoms with Crippen LogP contribution in [0.25, 0.3) is 0 Å². The highest BCUT2D eigenvalue weighted by Crippen LogP contribution is 2.41. The third-order valence-electron chi connectivity index (χ3n) is 5.21. The van der Waals surface area contributed by atoms with E-state index in [4.69, 9.17) is 5.73 Å². The van der Waals surface area contributed by atoms with Crippen LogP contribution in [0, 0.1) is 17.3 Å². The Kier molecular flexibility index (Phi) is 6.82. The predicted molar refractivity (Wildman–Crippen MR) is 85.3 cm³/mol. The monoisotopic (exact) mass is 268 g/mol. The molecule has 0 amide bonds. The van der Waals surface area contributed by atoms with Crippen molar-refractivity contribution in [1.82, 2.24) is 4.90 Å². The molecule has 0 saturated heterocycles. The number of nitrogens with zero attached hydrogens (tertiary/aromatic N) is 1. The van der Waals surface area contributed by atoms with Crippen LogP contribution in [0.4, 0.5) is 0 Å². The van der Waals surface area contributed by atoms with E-state index < -0.39 is 0 Å². The summed E-state index contributed by atoms with van der Waals surface area (Å²) in [5, 5.41) is 0. The smallest absolute Gasteiger partial charge is 0.0243 e. The van der Waals surface area contributed by atoms with E-state index in [1.54, 1.807) is 0 Å². The lowest BCUT2D eigenvalue weighted by atomic mass is 9.68. The first-order chi connectivity index (χ1) is 8.90. The van der Waals surface area contributed by atoms with Gasteiger partial charge in [0, 0.05) is 12.6 Å². The van der Waals surface area contributed by atoms with Crippen LogP contribution in [0.3, 0.4) is 0 Å². The van der Waals surface area contributed by atoms with Crippen molar-refractivity contribution in [2.45, 2.75) is 72.3 Å². The Balaban J connectivity index is 2.47. The summed E-state index contributed by atoms with van der Waals surface area (Å²) >= 11 is 0. The number of unbranched alkanes of at least 4 members (excludes halogenated alkanes) is 1. The highest BCUT2D eigenvalue weighted by atomic mass is 15.1. The molecular weight excluding hydrogens is 232 g/mol. The summed E-state index contributed by atoms with van der Waals surface area (Å²) in [5.41, 5.74) is 6.54. The Morgan fingerprint density at radius 2 is 1.74 bits per heavy atom. The van der Waals surface area contributed by atoms with E-state index in [-0.39, 0.29) is 0 Å². The van der Waals surface area contributed by atoms with Crippen LogP contribution in [0.1, 0.15) is 66.2 Å². The number of hydrogen-bond acceptors (Lipinski definition) is 2. The molecule has 1 rings (SSSR count). The summed E-state index contributed by atoms with van der Waals surface area (Å²) in [7, 11) is 2.27. The fraction of sp³-hybridized carbons (Fsp3) is 1.00. The molecule has 2 heteroatoms. The van der Waals surface area contributed by atoms with Gasteiger partial charge in [-0.3, -0.25) is 0 Å². The maximum absolute atomic E-state index is 6.06. The van der Waals surface area contributed by atoms with Crippen molar-refractivity contribution in [3.63, 3.8) is 0 Å². The molecule has 0 spiro atoms. The van der Waals surface area contributed by atoms with Crippen LogP contribution in [0.15, 0.2) is 0 Å². The molecule has 2 N–H and O–H groups in total. The van der Waals surface area contributed by atoms with Crippen molar-refractivity contribution in [3.8, 4) is 0 Å². The van der Waals surface area contributed by atoms with Crippen LogP contribution in [-0.2, 0) is 0 Å². The zero-order chi connectivity index (χ0) is 14.5. The van der Waals surface area contributed by atoms with E-state index in [1.165, 1.54) is 45.1 Å². The average Bonchev–Trinajstić information content (AvgIpc) is 2.37. The largest absolute Gasteiger partial charge is 0.329 e. The minimum atomic E-state index is 0.483. The molecule has 0 aliphatic heterocycles. The molecule has 1 fully saturated rings. The minimum absolute atomic E-state index is 0.483. The normalized spacial score (nSPS) is 26.7. The number of nitrogens with two attached hydrogens (primary N) is 1. The van der Waals surface area contributed by atoms with Gasteiger partial charge in [0.25, 0.3) is 0 Å². The lowest BCUT2D eigenvalue weighted by Gasteiger charge is -2.41. The zero-order valence-electron chi connectivity index (χ0n) is 13.9. The number of hydrogen-bond donors (Lipinski definition) is 1. The van der Waals surface area contributed by atoms with Gasteiger partial charge in [0.05, 0.1) is 0 Å². The summed E-state index contributed by atoms with van der Waals surface area (Å²) < 4.78 is 0. The molecule has 2 nitrogen and oxygen atoms in total. The molecule has 0 aromatic heterocycles. The van der Waals surface area contributed by atoms with Crippen LogP contribution in [0.2, 0.25) is 0 Å². The first kappa shape index (κ1) is 17.0. The molecule has 1 saturated carbocycles. The van der Waals surface area contributed by atoms with Gasteiger partial charge in [-0.15, -0.1) is 0 Å². The van der Waals surface area contributed by atoms with Gasteiger partial charge in [-0.2, -0.15) is 0 Å². The molecule has 19 heavy (non-hydrogen) atoms. The third kappa shape index (κ3) is 5.07. The van der Waals surface area contributed by atoms with Crippen molar-refractivity contribution in [1.29, 1.82) is 0 Å². The van der Waals surface area contributed by atoms with Gasteiger partial charge in [-0.25, -0.2) is 0 Å². The maximum atomic E-state index is 6.06. The fourth-order valence-corrected chi connectivity index (χ4v) is 3.68. The van der Waals surface area contributed by atoms with Crippen LogP contribution < -0.4 is 5.73 Å². The molecule has 0 aromatic carbocycles. The van der Waals surface area contributed by atoms with Gasteiger partial charge in [0.15, 0.2) is 0 Å². The van der Waals surface area contributed by atoms with E-state index in [0.717, 1.165) is 18.4 Å². The highest BCUT2D eigenvalue weighted by molar-refractivity contribution is 4.86. The van der Waals surface area contributed by atoms with E-state index in [0.29, 0.717) is 11.5 Å². The average molecular weight is 268 g/mol. The Morgan fingerprint density at radius 3 is 2.16 bits per heavy atom. The van der Waals surface area contributed by atoms with E-state index >= 15 is 0 Å². The molecule has 0 heterocycles. The van der Waals surface area contributed by atoms with Crippen LogP contribution >= 0.6 is 0 Å². The van der Waals surface area contributed by atoms with E-state index in [2.05, 4.69) is 39.6 Å². The van der Waals surface area contributed by atoms with Crippen molar-refractivity contribution >= 4 is 0 Å². The maximum Gasteiger partial charge on any atom is 0.0243 e. The molecule has 0 aromatic rings. The van der Waals surface area contributed by atoms with Gasteiger partial charge in [0.2, 0.25) is 0 Å². The Bertz CT molecular complexity index is 236. The van der Waals surface area contributed by atoms with E-state index in [9.17, 15) is 0 Å². The second-order valence-electron chi connectivity index (χ2n) is 7.61. The topological polar surface area (TPSA) is 29.3 Å².